The van der Waals surface area contributed by atoms with E-state index in [4.69, 9.17) is 8.92 Å². The Morgan fingerprint density at radius 2 is 1.85 bits per heavy atom. The van der Waals surface area contributed by atoms with E-state index in [1.165, 1.54) is 0 Å². The van der Waals surface area contributed by atoms with Crippen LogP contribution in [-0.2, 0) is 28.6 Å². The van der Waals surface area contributed by atoms with Crippen LogP contribution in [0.5, 0.6) is 0 Å². The van der Waals surface area contributed by atoms with Crippen LogP contribution in [0.15, 0.2) is 0 Å². The second-order valence-corrected chi connectivity index (χ2v) is 11.3. The molecule has 0 radical (unpaired) electrons. The first kappa shape index (κ1) is 20.6. The summed E-state index contributed by atoms with van der Waals surface area (Å²) in [5.41, 5.74) is -3.26. The lowest BCUT2D eigenvalue weighted by molar-refractivity contribution is -0.202. The third-order valence-corrected chi connectivity index (χ3v) is 9.89. The first-order chi connectivity index (χ1) is 12.2. The highest BCUT2D eigenvalue weighted by molar-refractivity contribution is 7.87. The topological polar surface area (TPSA) is 98.8 Å². The van der Waals surface area contributed by atoms with Crippen LogP contribution >= 0.6 is 0 Å². The molecule has 27 heavy (non-hydrogen) atoms. The molecule has 2 aliphatic carbocycles. The summed E-state index contributed by atoms with van der Waals surface area (Å²) in [6, 6.07) is 0. The fraction of sp³-hybridized carbons (Fsp3) is 0.895. The van der Waals surface area contributed by atoms with Gasteiger partial charge in [0.05, 0.1) is 5.25 Å². The molecule has 2 bridgehead atoms. The van der Waals surface area contributed by atoms with Crippen LogP contribution in [0.2, 0.25) is 0 Å². The SMILES string of the molecule is CCC(C)(C)C(=O)NCC(=O)OC1(C)C2(C)CC3C(C2C)C1(C)OS3(=O)=O. The predicted molar refractivity (Wildman–Crippen MR) is 99.2 cm³/mol. The van der Waals surface area contributed by atoms with E-state index in [9.17, 15) is 18.0 Å². The highest BCUT2D eigenvalue weighted by Gasteiger charge is 2.84. The van der Waals surface area contributed by atoms with Gasteiger partial charge in [0.25, 0.3) is 10.1 Å². The van der Waals surface area contributed by atoms with E-state index in [2.05, 4.69) is 5.32 Å². The molecule has 3 fully saturated rings. The van der Waals surface area contributed by atoms with Gasteiger partial charge in [0.1, 0.15) is 17.7 Å². The van der Waals surface area contributed by atoms with Crippen LogP contribution in [-0.4, -0.2) is 43.3 Å². The zero-order valence-corrected chi connectivity index (χ0v) is 18.0. The zero-order valence-electron chi connectivity index (χ0n) is 17.2. The molecule has 1 aliphatic heterocycles. The Morgan fingerprint density at radius 1 is 1.26 bits per heavy atom. The molecule has 0 spiro atoms. The molecule has 3 aliphatic rings. The molecule has 7 nitrogen and oxygen atoms in total. The monoisotopic (exact) mass is 401 g/mol. The van der Waals surface area contributed by atoms with E-state index >= 15 is 0 Å². The second kappa shape index (κ2) is 5.69. The van der Waals surface area contributed by atoms with E-state index in [1.807, 2.05) is 34.6 Å². The van der Waals surface area contributed by atoms with Crippen molar-refractivity contribution in [3.05, 3.63) is 0 Å². The molecule has 6 unspecified atom stereocenters. The standard InChI is InChI=1S/C19H31NO6S/c1-8-16(3,4)15(22)20-10-13(21)25-19(7)17(5)9-12-14(11(17)2)18(19,6)26-27(12,23)24/h11-12,14H,8-10H2,1-7H3,(H,20,22). The van der Waals surface area contributed by atoms with Crippen LogP contribution < -0.4 is 5.32 Å². The smallest absolute Gasteiger partial charge is 0.326 e. The van der Waals surface area contributed by atoms with Gasteiger partial charge in [0.15, 0.2) is 0 Å². The zero-order chi connectivity index (χ0) is 20.6. The summed E-state index contributed by atoms with van der Waals surface area (Å²) in [5.74, 6) is -0.967. The maximum absolute atomic E-state index is 12.6. The summed E-state index contributed by atoms with van der Waals surface area (Å²) in [6.45, 7) is 12.8. The molecule has 1 N–H and O–H groups in total. The lowest BCUT2D eigenvalue weighted by Crippen LogP contribution is -2.61. The molecule has 1 amide bonds. The number of nitrogens with one attached hydrogen (secondary N) is 1. The molecule has 3 rings (SSSR count). The number of ether oxygens (including phenoxy) is 1. The lowest BCUT2D eigenvalue weighted by atomic mass is 9.65. The Bertz CT molecular complexity index is 792. The summed E-state index contributed by atoms with van der Waals surface area (Å²) in [5, 5.41) is 2.09. The van der Waals surface area contributed by atoms with Crippen molar-refractivity contribution in [1.29, 1.82) is 0 Å². The van der Waals surface area contributed by atoms with Crippen molar-refractivity contribution in [2.45, 2.75) is 77.8 Å². The fourth-order valence-electron chi connectivity index (χ4n) is 5.55. The minimum absolute atomic E-state index is 0.0381. The van der Waals surface area contributed by atoms with Crippen molar-refractivity contribution < 1.29 is 26.9 Å². The van der Waals surface area contributed by atoms with Gasteiger partial charge < -0.3 is 10.1 Å². The van der Waals surface area contributed by atoms with Gasteiger partial charge in [-0.25, -0.2) is 0 Å². The number of amides is 1. The Kier molecular flexibility index (Phi) is 4.34. The minimum Gasteiger partial charge on any atom is -0.454 e. The van der Waals surface area contributed by atoms with Crippen LogP contribution in [0.1, 0.15) is 61.3 Å². The van der Waals surface area contributed by atoms with Crippen molar-refractivity contribution in [3.63, 3.8) is 0 Å². The van der Waals surface area contributed by atoms with Gasteiger partial charge in [-0.1, -0.05) is 34.6 Å². The van der Waals surface area contributed by atoms with Gasteiger partial charge in [-0.2, -0.15) is 8.42 Å². The number of hydrogen-bond acceptors (Lipinski definition) is 6. The number of rotatable bonds is 5. The van der Waals surface area contributed by atoms with Gasteiger partial charge in [0, 0.05) is 16.7 Å². The Balaban J connectivity index is 1.81. The number of esters is 1. The molecule has 6 atom stereocenters. The van der Waals surface area contributed by atoms with E-state index < -0.39 is 43.4 Å². The van der Waals surface area contributed by atoms with Gasteiger partial charge in [-0.3, -0.25) is 13.8 Å². The Morgan fingerprint density at radius 3 is 2.41 bits per heavy atom. The summed E-state index contributed by atoms with van der Waals surface area (Å²) in [4.78, 5) is 24.8. The molecule has 8 heteroatoms. The molecule has 2 saturated carbocycles. The average molecular weight is 402 g/mol. The summed E-state index contributed by atoms with van der Waals surface area (Å²) < 4.78 is 36.4. The normalized spacial score (nSPS) is 44.3. The molecule has 0 aromatic carbocycles. The van der Waals surface area contributed by atoms with Gasteiger partial charge >= 0.3 is 5.97 Å². The van der Waals surface area contributed by atoms with Crippen molar-refractivity contribution in [1.82, 2.24) is 5.32 Å². The quantitative estimate of drug-likeness (QED) is 0.559. The van der Waals surface area contributed by atoms with Crippen molar-refractivity contribution in [3.8, 4) is 0 Å². The highest BCUT2D eigenvalue weighted by Crippen LogP contribution is 2.74. The number of hydrogen-bond donors (Lipinski definition) is 1. The first-order valence-electron chi connectivity index (χ1n) is 9.61. The van der Waals surface area contributed by atoms with E-state index in [0.29, 0.717) is 12.8 Å². The van der Waals surface area contributed by atoms with E-state index in [1.54, 1.807) is 13.8 Å². The molecular weight excluding hydrogens is 370 g/mol. The average Bonchev–Trinajstić information content (AvgIpc) is 2.98. The maximum Gasteiger partial charge on any atom is 0.326 e. The van der Waals surface area contributed by atoms with Gasteiger partial charge in [-0.05, 0) is 32.6 Å². The summed E-state index contributed by atoms with van der Waals surface area (Å²) in [7, 11) is -3.68. The number of carbonyl (C=O) groups excluding carboxylic acids is 2. The molecule has 0 aromatic heterocycles. The summed E-state index contributed by atoms with van der Waals surface area (Å²) >= 11 is 0. The van der Waals surface area contributed by atoms with Crippen molar-refractivity contribution in [2.75, 3.05) is 6.54 Å². The highest BCUT2D eigenvalue weighted by atomic mass is 32.2. The third kappa shape index (κ3) is 2.44. The van der Waals surface area contributed by atoms with Crippen LogP contribution in [0.3, 0.4) is 0 Å². The Hall–Kier alpha value is -1.15. The number of carbonyl (C=O) groups is 2. The van der Waals surface area contributed by atoms with Gasteiger partial charge in [-0.15, -0.1) is 0 Å². The minimum atomic E-state index is -3.68. The molecule has 0 aromatic rings. The second-order valence-electron chi connectivity index (χ2n) is 9.59. The molecule has 1 heterocycles. The third-order valence-electron chi connectivity index (χ3n) is 8.11. The molecule has 154 valence electrons. The molecular formula is C19H31NO6S. The number of fused-ring (bicyclic) bond motifs is 1. The van der Waals surface area contributed by atoms with E-state index in [-0.39, 0.29) is 24.3 Å². The van der Waals surface area contributed by atoms with Crippen LogP contribution in [0.4, 0.5) is 0 Å². The predicted octanol–water partition coefficient (Wildman–Crippen LogP) is 2.00. The van der Waals surface area contributed by atoms with Crippen LogP contribution in [0, 0.1) is 22.7 Å². The van der Waals surface area contributed by atoms with Gasteiger partial charge in [0.2, 0.25) is 5.91 Å². The Labute approximate surface area is 161 Å². The van der Waals surface area contributed by atoms with Crippen LogP contribution in [0.25, 0.3) is 0 Å². The van der Waals surface area contributed by atoms with Crippen molar-refractivity contribution in [2.24, 2.45) is 22.7 Å². The first-order valence-corrected chi connectivity index (χ1v) is 11.1. The van der Waals surface area contributed by atoms with Crippen molar-refractivity contribution >= 4 is 22.0 Å². The largest absolute Gasteiger partial charge is 0.454 e. The van der Waals surface area contributed by atoms with E-state index in [0.717, 1.165) is 0 Å². The molecule has 1 saturated heterocycles. The lowest BCUT2D eigenvalue weighted by Gasteiger charge is -2.48. The summed E-state index contributed by atoms with van der Waals surface area (Å²) in [6.07, 6.45) is 1.06. The maximum atomic E-state index is 12.6. The fourth-order valence-corrected chi connectivity index (χ4v) is 7.83.